The largest absolute Gasteiger partial charge is 0.396 e. The summed E-state index contributed by atoms with van der Waals surface area (Å²) in [7, 11) is 0. The molecule has 0 radical (unpaired) electrons. The molecule has 0 bridgehead atoms. The first-order valence-corrected chi connectivity index (χ1v) is 8.17. The molecule has 114 valence electrons. The van der Waals surface area contributed by atoms with E-state index < -0.39 is 0 Å². The summed E-state index contributed by atoms with van der Waals surface area (Å²) >= 11 is 0. The van der Waals surface area contributed by atoms with E-state index in [1.807, 2.05) is 0 Å². The van der Waals surface area contributed by atoms with Gasteiger partial charge in [0.25, 0.3) is 0 Å². The molecular formula is C16H34N2O. The molecule has 1 heterocycles. The first-order valence-electron chi connectivity index (χ1n) is 8.17. The maximum absolute atomic E-state index is 9.34. The molecule has 19 heavy (non-hydrogen) atoms. The minimum atomic E-state index is 0.356. The van der Waals surface area contributed by atoms with Crippen molar-refractivity contribution < 1.29 is 5.11 Å². The zero-order valence-electron chi connectivity index (χ0n) is 13.2. The standard InChI is InChI=1S/C16H34N2O/c1-4-8-16(3,13-17-9-5-2)14-18-10-6-7-15(11-18)12-19/h15,17,19H,4-14H2,1-3H3. The Balaban J connectivity index is 2.46. The number of nitrogens with one attached hydrogen (secondary N) is 1. The van der Waals surface area contributed by atoms with Crippen molar-refractivity contribution in [3.63, 3.8) is 0 Å². The smallest absolute Gasteiger partial charge is 0.0471 e. The second-order valence-electron chi connectivity index (χ2n) is 6.66. The molecule has 0 aromatic rings. The Hall–Kier alpha value is -0.120. The van der Waals surface area contributed by atoms with Crippen LogP contribution in [0.2, 0.25) is 0 Å². The summed E-state index contributed by atoms with van der Waals surface area (Å²) in [5.74, 6) is 0.503. The van der Waals surface area contributed by atoms with Gasteiger partial charge in [0, 0.05) is 26.2 Å². The second-order valence-corrected chi connectivity index (χ2v) is 6.66. The van der Waals surface area contributed by atoms with Crippen LogP contribution in [0.5, 0.6) is 0 Å². The molecule has 3 heteroatoms. The SMILES string of the molecule is CCCNCC(C)(CCC)CN1CCCC(CO)C1. The molecule has 0 aromatic heterocycles. The molecule has 2 unspecified atom stereocenters. The van der Waals surface area contributed by atoms with Gasteiger partial charge in [-0.25, -0.2) is 0 Å². The van der Waals surface area contributed by atoms with Crippen LogP contribution in [0.25, 0.3) is 0 Å². The molecule has 1 rings (SSSR count). The number of likely N-dealkylation sites (tertiary alicyclic amines) is 1. The van der Waals surface area contributed by atoms with E-state index in [4.69, 9.17) is 0 Å². The highest BCUT2D eigenvalue weighted by atomic mass is 16.3. The molecule has 0 spiro atoms. The van der Waals surface area contributed by atoms with Gasteiger partial charge in [-0.2, -0.15) is 0 Å². The Morgan fingerprint density at radius 3 is 2.74 bits per heavy atom. The Kier molecular flexibility index (Phi) is 7.96. The zero-order chi connectivity index (χ0) is 14.1. The van der Waals surface area contributed by atoms with E-state index in [1.54, 1.807) is 0 Å². The minimum absolute atomic E-state index is 0.356. The Morgan fingerprint density at radius 2 is 2.11 bits per heavy atom. The van der Waals surface area contributed by atoms with Gasteiger partial charge in [-0.05, 0) is 50.1 Å². The summed E-state index contributed by atoms with van der Waals surface area (Å²) in [5.41, 5.74) is 0.376. The monoisotopic (exact) mass is 270 g/mol. The molecule has 1 aliphatic heterocycles. The van der Waals surface area contributed by atoms with Crippen LogP contribution in [0, 0.1) is 11.3 Å². The van der Waals surface area contributed by atoms with E-state index in [0.717, 1.165) is 19.6 Å². The van der Waals surface area contributed by atoms with E-state index in [2.05, 4.69) is 31.0 Å². The van der Waals surface area contributed by atoms with Crippen molar-refractivity contribution in [2.75, 3.05) is 39.3 Å². The van der Waals surface area contributed by atoms with E-state index in [1.165, 1.54) is 45.2 Å². The quantitative estimate of drug-likeness (QED) is 0.632. The maximum Gasteiger partial charge on any atom is 0.0471 e. The van der Waals surface area contributed by atoms with Crippen molar-refractivity contribution in [2.24, 2.45) is 11.3 Å². The summed E-state index contributed by atoms with van der Waals surface area (Å²) in [5, 5.41) is 12.9. The van der Waals surface area contributed by atoms with Crippen LogP contribution < -0.4 is 5.32 Å². The van der Waals surface area contributed by atoms with Crippen molar-refractivity contribution in [2.45, 2.75) is 52.9 Å². The molecule has 2 atom stereocenters. The van der Waals surface area contributed by atoms with Gasteiger partial charge in [-0.15, -0.1) is 0 Å². The highest BCUT2D eigenvalue weighted by Gasteiger charge is 2.28. The lowest BCUT2D eigenvalue weighted by Gasteiger charge is -2.39. The third-order valence-electron chi connectivity index (χ3n) is 4.30. The Bertz CT molecular complexity index is 235. The van der Waals surface area contributed by atoms with Crippen molar-refractivity contribution in [1.82, 2.24) is 10.2 Å². The third kappa shape index (κ3) is 6.24. The van der Waals surface area contributed by atoms with Crippen LogP contribution >= 0.6 is 0 Å². The number of rotatable bonds is 9. The van der Waals surface area contributed by atoms with E-state index in [-0.39, 0.29) is 0 Å². The van der Waals surface area contributed by atoms with E-state index in [9.17, 15) is 5.11 Å². The molecular weight excluding hydrogens is 236 g/mol. The average molecular weight is 270 g/mol. The highest BCUT2D eigenvalue weighted by molar-refractivity contribution is 4.83. The van der Waals surface area contributed by atoms with Gasteiger partial charge in [-0.3, -0.25) is 0 Å². The van der Waals surface area contributed by atoms with Gasteiger partial charge >= 0.3 is 0 Å². The van der Waals surface area contributed by atoms with Crippen molar-refractivity contribution in [3.8, 4) is 0 Å². The predicted molar refractivity (Wildman–Crippen MR) is 82.4 cm³/mol. The summed E-state index contributed by atoms with van der Waals surface area (Å²) in [6, 6.07) is 0. The molecule has 1 aliphatic rings. The predicted octanol–water partition coefficient (Wildman–Crippen LogP) is 2.50. The van der Waals surface area contributed by atoms with Gasteiger partial charge in [0.05, 0.1) is 0 Å². The average Bonchev–Trinajstić information content (AvgIpc) is 2.39. The fourth-order valence-electron chi connectivity index (χ4n) is 3.38. The first kappa shape index (κ1) is 16.9. The van der Waals surface area contributed by atoms with Crippen LogP contribution in [0.3, 0.4) is 0 Å². The highest BCUT2D eigenvalue weighted by Crippen LogP contribution is 2.26. The lowest BCUT2D eigenvalue weighted by Crippen LogP contribution is -2.46. The maximum atomic E-state index is 9.34. The molecule has 2 N–H and O–H groups in total. The third-order valence-corrected chi connectivity index (χ3v) is 4.30. The van der Waals surface area contributed by atoms with Gasteiger partial charge in [0.1, 0.15) is 0 Å². The fourth-order valence-corrected chi connectivity index (χ4v) is 3.38. The van der Waals surface area contributed by atoms with Gasteiger partial charge < -0.3 is 15.3 Å². The minimum Gasteiger partial charge on any atom is -0.396 e. The lowest BCUT2D eigenvalue weighted by atomic mass is 9.83. The van der Waals surface area contributed by atoms with Gasteiger partial charge in [0.15, 0.2) is 0 Å². The first-order chi connectivity index (χ1) is 9.13. The molecule has 0 saturated carbocycles. The molecule has 1 saturated heterocycles. The van der Waals surface area contributed by atoms with E-state index >= 15 is 0 Å². The lowest BCUT2D eigenvalue weighted by molar-refractivity contribution is 0.0794. The van der Waals surface area contributed by atoms with E-state index in [0.29, 0.717) is 17.9 Å². The van der Waals surface area contributed by atoms with Crippen LogP contribution in [0.1, 0.15) is 52.9 Å². The van der Waals surface area contributed by atoms with Gasteiger partial charge in [-0.1, -0.05) is 27.2 Å². The Morgan fingerprint density at radius 1 is 1.32 bits per heavy atom. The molecule has 0 aliphatic carbocycles. The van der Waals surface area contributed by atoms with Crippen molar-refractivity contribution >= 4 is 0 Å². The number of hydrogen-bond donors (Lipinski definition) is 2. The number of nitrogens with zero attached hydrogens (tertiary/aromatic N) is 1. The molecule has 0 aromatic carbocycles. The summed E-state index contributed by atoms with van der Waals surface area (Å²) in [6.45, 7) is 13.0. The fraction of sp³-hybridized carbons (Fsp3) is 1.00. The van der Waals surface area contributed by atoms with Crippen LogP contribution in [-0.4, -0.2) is 49.3 Å². The topological polar surface area (TPSA) is 35.5 Å². The number of aliphatic hydroxyl groups is 1. The summed E-state index contributed by atoms with van der Waals surface area (Å²) in [4.78, 5) is 2.58. The van der Waals surface area contributed by atoms with Crippen LogP contribution in [0.15, 0.2) is 0 Å². The molecule has 3 nitrogen and oxygen atoms in total. The summed E-state index contributed by atoms with van der Waals surface area (Å²) < 4.78 is 0. The number of aliphatic hydroxyl groups excluding tert-OH is 1. The van der Waals surface area contributed by atoms with Crippen LogP contribution in [0.4, 0.5) is 0 Å². The van der Waals surface area contributed by atoms with Crippen molar-refractivity contribution in [1.29, 1.82) is 0 Å². The second kappa shape index (κ2) is 8.93. The zero-order valence-corrected chi connectivity index (χ0v) is 13.2. The van der Waals surface area contributed by atoms with Crippen molar-refractivity contribution in [3.05, 3.63) is 0 Å². The normalized spacial score (nSPS) is 24.3. The molecule has 0 amide bonds. The summed E-state index contributed by atoms with van der Waals surface area (Å²) in [6.07, 6.45) is 6.19. The number of piperidine rings is 1. The van der Waals surface area contributed by atoms with Gasteiger partial charge in [0.2, 0.25) is 0 Å². The number of hydrogen-bond acceptors (Lipinski definition) is 3. The Labute approximate surface area is 119 Å². The molecule has 1 fully saturated rings. The van der Waals surface area contributed by atoms with Crippen LogP contribution in [-0.2, 0) is 0 Å².